The maximum absolute atomic E-state index is 10.1. The third-order valence-electron chi connectivity index (χ3n) is 6.73. The number of pyridine rings is 1. The van der Waals surface area contributed by atoms with E-state index in [1.807, 2.05) is 19.9 Å². The van der Waals surface area contributed by atoms with Gasteiger partial charge in [-0.3, -0.25) is 4.98 Å². The fourth-order valence-electron chi connectivity index (χ4n) is 4.66. The number of rotatable bonds is 6. The van der Waals surface area contributed by atoms with Crippen molar-refractivity contribution in [3.8, 4) is 0 Å². The molecule has 1 aliphatic heterocycles. The highest BCUT2D eigenvalue weighted by atomic mass is 35.5. The second-order valence-electron chi connectivity index (χ2n) is 9.28. The Morgan fingerprint density at radius 2 is 2.06 bits per heavy atom. The number of aliphatic hydroxyl groups is 1. The zero-order valence-corrected chi connectivity index (χ0v) is 21.4. The Hall–Kier alpha value is -1.43. The highest BCUT2D eigenvalue weighted by molar-refractivity contribution is 7.99. The molecule has 0 bridgehead atoms. The van der Waals surface area contributed by atoms with Crippen molar-refractivity contribution in [3.05, 3.63) is 23.5 Å². The number of nitrogens with zero attached hydrogens (tertiary/aromatic N) is 4. The summed E-state index contributed by atoms with van der Waals surface area (Å²) in [5.41, 5.74) is 12.8. The number of anilines is 2. The molecule has 1 spiro atoms. The van der Waals surface area contributed by atoms with Crippen LogP contribution in [0.5, 0.6) is 0 Å². The molecule has 1 saturated heterocycles. The first-order valence-electron chi connectivity index (χ1n) is 11.2. The lowest BCUT2D eigenvalue weighted by Crippen LogP contribution is -2.47. The van der Waals surface area contributed by atoms with Gasteiger partial charge in [0.15, 0.2) is 12.1 Å². The molecule has 5 N–H and O–H groups in total. The van der Waals surface area contributed by atoms with E-state index in [0.29, 0.717) is 21.2 Å². The highest BCUT2D eigenvalue weighted by Gasteiger charge is 2.48. The van der Waals surface area contributed by atoms with Crippen LogP contribution in [0.3, 0.4) is 0 Å². The molecule has 11 heteroatoms. The summed E-state index contributed by atoms with van der Waals surface area (Å²) < 4.78 is 5.88. The summed E-state index contributed by atoms with van der Waals surface area (Å²) >= 11 is 7.67. The molecular formula is C22H30ClN6O2SSi. The predicted octanol–water partition coefficient (Wildman–Crippen LogP) is 2.12. The number of aliphatic hydroxyl groups excluding tert-OH is 1. The molecule has 0 aromatic carbocycles. The highest BCUT2D eigenvalue weighted by Crippen LogP contribution is 2.47. The fraction of sp³-hybridized carbons (Fsp3) is 0.591. The first-order valence-corrected chi connectivity index (χ1v) is 12.9. The van der Waals surface area contributed by atoms with E-state index in [-0.39, 0.29) is 23.5 Å². The molecule has 4 rings (SSSR count). The summed E-state index contributed by atoms with van der Waals surface area (Å²) in [4.78, 5) is 16.3. The molecule has 1 saturated carbocycles. The number of ether oxygens (including phenoxy) is 1. The van der Waals surface area contributed by atoms with Crippen molar-refractivity contribution < 1.29 is 9.84 Å². The SMILES string of the molecule is CC(C)C(O)O[C@@H]1C[C@@H](N)C2(CCN(c3cnc(Sc4ccnc([Si])c4Cl)c(N)n3)CC2)C1. The number of nitrogen functional groups attached to an aromatic ring is 1. The minimum Gasteiger partial charge on any atom is -0.381 e. The lowest BCUT2D eigenvalue weighted by atomic mass is 9.74. The Bertz CT molecular complexity index is 991. The minimum absolute atomic E-state index is 0.00982. The minimum atomic E-state index is -0.741. The first-order chi connectivity index (χ1) is 15.7. The summed E-state index contributed by atoms with van der Waals surface area (Å²) in [6, 6.07) is 1.89. The van der Waals surface area contributed by atoms with Crippen molar-refractivity contribution in [1.29, 1.82) is 0 Å². The van der Waals surface area contributed by atoms with Crippen LogP contribution in [0.15, 0.2) is 28.4 Å². The topological polar surface area (TPSA) is 123 Å². The molecule has 2 aromatic rings. The number of aromatic nitrogens is 3. The van der Waals surface area contributed by atoms with Crippen molar-refractivity contribution in [2.24, 2.45) is 17.1 Å². The van der Waals surface area contributed by atoms with Crippen molar-refractivity contribution >= 4 is 50.6 Å². The van der Waals surface area contributed by atoms with Crippen LogP contribution in [-0.2, 0) is 4.74 Å². The van der Waals surface area contributed by atoms with E-state index >= 15 is 0 Å². The fourth-order valence-corrected chi connectivity index (χ4v) is 5.96. The number of halogens is 1. The van der Waals surface area contributed by atoms with Crippen LogP contribution >= 0.6 is 23.4 Å². The summed E-state index contributed by atoms with van der Waals surface area (Å²) in [5, 5.41) is 11.8. The van der Waals surface area contributed by atoms with E-state index in [4.69, 9.17) is 27.8 Å². The molecule has 2 fully saturated rings. The summed E-state index contributed by atoms with van der Waals surface area (Å²) in [6.07, 6.45) is 6.28. The number of nitrogens with two attached hydrogens (primary N) is 2. The standard InChI is InChI=1S/C22H30ClN6O2SSi/c1-12(2)21(30)31-13-9-15(24)22(10-13)4-7-29(8-5-22)16-11-27-19(18(25)28-16)32-14-3-6-26-20(33)17(14)23/h3,6,11-13,15,21,30H,4-5,7-10,24H2,1-2H3,(H2,25,28)/t13-,15-,21?/m1/s1. The van der Waals surface area contributed by atoms with Crippen molar-refractivity contribution in [2.75, 3.05) is 23.7 Å². The third-order valence-corrected chi connectivity index (χ3v) is 8.84. The molecule has 0 amide bonds. The van der Waals surface area contributed by atoms with Gasteiger partial charge in [0.05, 0.1) is 17.3 Å². The van der Waals surface area contributed by atoms with Gasteiger partial charge in [-0.25, -0.2) is 9.97 Å². The van der Waals surface area contributed by atoms with Gasteiger partial charge in [0.1, 0.15) is 21.1 Å². The van der Waals surface area contributed by atoms with Gasteiger partial charge >= 0.3 is 0 Å². The number of piperidine rings is 1. The molecule has 33 heavy (non-hydrogen) atoms. The van der Waals surface area contributed by atoms with Crippen molar-refractivity contribution in [1.82, 2.24) is 15.0 Å². The van der Waals surface area contributed by atoms with E-state index in [1.54, 1.807) is 12.4 Å². The van der Waals surface area contributed by atoms with Gasteiger partial charge in [-0.1, -0.05) is 37.2 Å². The van der Waals surface area contributed by atoms with Crippen LogP contribution in [0.2, 0.25) is 5.02 Å². The molecule has 1 aliphatic carbocycles. The van der Waals surface area contributed by atoms with Crippen molar-refractivity contribution in [3.63, 3.8) is 0 Å². The number of hydrogen-bond acceptors (Lipinski definition) is 9. The van der Waals surface area contributed by atoms with E-state index in [9.17, 15) is 5.11 Å². The Labute approximate surface area is 207 Å². The van der Waals surface area contributed by atoms with Crippen molar-refractivity contribution in [2.45, 2.75) is 67.9 Å². The van der Waals surface area contributed by atoms with E-state index in [0.717, 1.165) is 49.5 Å². The summed E-state index contributed by atoms with van der Waals surface area (Å²) in [5.74, 6) is 1.21. The Kier molecular flexibility index (Phi) is 7.52. The van der Waals surface area contributed by atoms with Crippen LogP contribution in [0, 0.1) is 11.3 Å². The van der Waals surface area contributed by atoms with Gasteiger partial charge in [0, 0.05) is 41.5 Å². The van der Waals surface area contributed by atoms with Gasteiger partial charge < -0.3 is 26.2 Å². The van der Waals surface area contributed by atoms with E-state index in [2.05, 4.69) is 30.1 Å². The monoisotopic (exact) mass is 505 g/mol. The van der Waals surface area contributed by atoms with Gasteiger partial charge in [0.25, 0.3) is 0 Å². The maximum atomic E-state index is 10.1. The summed E-state index contributed by atoms with van der Waals surface area (Å²) in [6.45, 7) is 5.57. The van der Waals surface area contributed by atoms with Crippen LogP contribution in [0.4, 0.5) is 11.6 Å². The van der Waals surface area contributed by atoms with E-state index in [1.165, 1.54) is 11.8 Å². The second-order valence-corrected chi connectivity index (χ2v) is 11.2. The largest absolute Gasteiger partial charge is 0.381 e. The first kappa shape index (κ1) is 24.7. The quantitative estimate of drug-likeness (QED) is 0.400. The van der Waals surface area contributed by atoms with Gasteiger partial charge in [-0.05, 0) is 37.2 Å². The molecule has 177 valence electrons. The predicted molar refractivity (Wildman–Crippen MR) is 132 cm³/mol. The second kappa shape index (κ2) is 10.0. The lowest BCUT2D eigenvalue weighted by molar-refractivity contribution is -0.159. The normalized spacial score (nSPS) is 23.4. The smallest absolute Gasteiger partial charge is 0.158 e. The van der Waals surface area contributed by atoms with E-state index < -0.39 is 6.29 Å². The van der Waals surface area contributed by atoms with Gasteiger partial charge in [-0.15, -0.1) is 0 Å². The lowest BCUT2D eigenvalue weighted by Gasteiger charge is -2.42. The molecule has 2 aliphatic rings. The Balaban J connectivity index is 1.39. The molecule has 3 radical (unpaired) electrons. The van der Waals surface area contributed by atoms with Gasteiger partial charge in [-0.2, -0.15) is 0 Å². The average molecular weight is 506 g/mol. The Morgan fingerprint density at radius 3 is 2.73 bits per heavy atom. The molecule has 1 unspecified atom stereocenters. The molecule has 3 atom stereocenters. The van der Waals surface area contributed by atoms with Crippen LogP contribution in [-0.4, -0.2) is 61.8 Å². The zero-order valence-electron chi connectivity index (χ0n) is 18.9. The third kappa shape index (κ3) is 5.31. The average Bonchev–Trinajstić information content (AvgIpc) is 3.07. The van der Waals surface area contributed by atoms with Gasteiger partial charge in [0.2, 0.25) is 0 Å². The maximum Gasteiger partial charge on any atom is 0.158 e. The number of hydrogen-bond donors (Lipinski definition) is 3. The molecule has 3 heterocycles. The Morgan fingerprint density at radius 1 is 1.33 bits per heavy atom. The van der Waals surface area contributed by atoms with Crippen LogP contribution in [0.1, 0.15) is 39.5 Å². The van der Waals surface area contributed by atoms with Crippen LogP contribution in [0.25, 0.3) is 0 Å². The molecule has 2 aromatic heterocycles. The molecule has 8 nitrogen and oxygen atoms in total. The van der Waals surface area contributed by atoms with Crippen LogP contribution < -0.4 is 21.7 Å². The summed E-state index contributed by atoms with van der Waals surface area (Å²) in [7, 11) is 3.39. The molecular weight excluding hydrogens is 476 g/mol. The zero-order chi connectivity index (χ0) is 23.8.